The molecule has 0 amide bonds. The first-order chi connectivity index (χ1) is 11.0. The molecule has 0 atom stereocenters. The van der Waals surface area contributed by atoms with Crippen LogP contribution in [0.3, 0.4) is 0 Å². The molecule has 5 nitrogen and oxygen atoms in total. The van der Waals surface area contributed by atoms with Gasteiger partial charge in [0, 0.05) is 4.47 Å². The van der Waals surface area contributed by atoms with Gasteiger partial charge in [0.15, 0.2) is 6.61 Å². The molecule has 0 fully saturated rings. The minimum absolute atomic E-state index is 0.237. The summed E-state index contributed by atoms with van der Waals surface area (Å²) in [6, 6.07) is 11.4. The second-order valence-corrected chi connectivity index (χ2v) is 6.12. The second kappa shape index (κ2) is 8.12. The van der Waals surface area contributed by atoms with Crippen LogP contribution < -0.4 is 9.47 Å². The number of hydrogen-bond acceptors (Lipinski definition) is 5. The topological polar surface area (TPSA) is 61.8 Å². The van der Waals surface area contributed by atoms with Crippen molar-refractivity contribution in [2.75, 3.05) is 13.7 Å². The standard InChI is InChI=1S/C16H12Br2O5/c1-21-16(20)10-2-5-12(6-3-10)23-15(19)9-22-14-7-4-11(17)8-13(14)18/h2-8H,9H2,1H3. The minimum atomic E-state index is -0.550. The van der Waals surface area contributed by atoms with Crippen molar-refractivity contribution in [1.29, 1.82) is 0 Å². The molecule has 2 aromatic carbocycles. The molecular formula is C16H12Br2O5. The number of methoxy groups -OCH3 is 1. The zero-order valence-corrected chi connectivity index (χ0v) is 15.2. The zero-order valence-electron chi connectivity index (χ0n) is 12.0. The van der Waals surface area contributed by atoms with Crippen molar-refractivity contribution in [1.82, 2.24) is 0 Å². The molecule has 0 spiro atoms. The monoisotopic (exact) mass is 442 g/mol. The molecule has 0 saturated carbocycles. The summed E-state index contributed by atoms with van der Waals surface area (Å²) < 4.78 is 16.7. The highest BCUT2D eigenvalue weighted by molar-refractivity contribution is 9.11. The first kappa shape index (κ1) is 17.5. The maximum Gasteiger partial charge on any atom is 0.349 e. The largest absolute Gasteiger partial charge is 0.481 e. The Kier molecular flexibility index (Phi) is 6.18. The molecule has 0 heterocycles. The molecular weight excluding hydrogens is 432 g/mol. The molecule has 2 rings (SSSR count). The Morgan fingerprint density at radius 2 is 1.74 bits per heavy atom. The third kappa shape index (κ3) is 5.07. The first-order valence-electron chi connectivity index (χ1n) is 6.46. The van der Waals surface area contributed by atoms with Gasteiger partial charge in [0.1, 0.15) is 11.5 Å². The van der Waals surface area contributed by atoms with Crippen molar-refractivity contribution < 1.29 is 23.8 Å². The lowest BCUT2D eigenvalue weighted by Gasteiger charge is -2.09. The van der Waals surface area contributed by atoms with Crippen molar-refractivity contribution in [3.63, 3.8) is 0 Å². The number of halogens is 2. The predicted octanol–water partition coefficient (Wildman–Crippen LogP) is 3.98. The Bertz CT molecular complexity index is 713. The highest BCUT2D eigenvalue weighted by atomic mass is 79.9. The molecule has 2 aromatic rings. The normalized spacial score (nSPS) is 10.0. The number of rotatable bonds is 5. The molecule has 0 bridgehead atoms. The van der Waals surface area contributed by atoms with Gasteiger partial charge in [-0.1, -0.05) is 15.9 Å². The van der Waals surface area contributed by atoms with E-state index in [4.69, 9.17) is 9.47 Å². The summed E-state index contributed by atoms with van der Waals surface area (Å²) in [5.41, 5.74) is 0.377. The third-order valence-electron chi connectivity index (χ3n) is 2.75. The van der Waals surface area contributed by atoms with E-state index in [1.807, 2.05) is 6.07 Å². The second-order valence-electron chi connectivity index (χ2n) is 4.35. The molecule has 0 aliphatic rings. The quantitative estimate of drug-likeness (QED) is 0.516. The molecule has 7 heteroatoms. The highest BCUT2D eigenvalue weighted by Gasteiger charge is 2.10. The van der Waals surface area contributed by atoms with Crippen molar-refractivity contribution in [3.8, 4) is 11.5 Å². The van der Waals surface area contributed by atoms with Crippen LogP contribution in [-0.4, -0.2) is 25.7 Å². The van der Waals surface area contributed by atoms with E-state index in [0.717, 1.165) is 8.95 Å². The van der Waals surface area contributed by atoms with Crippen LogP contribution in [-0.2, 0) is 9.53 Å². The predicted molar refractivity (Wildman–Crippen MR) is 90.8 cm³/mol. The van der Waals surface area contributed by atoms with E-state index in [1.165, 1.54) is 31.4 Å². The van der Waals surface area contributed by atoms with Gasteiger partial charge < -0.3 is 14.2 Å². The zero-order chi connectivity index (χ0) is 16.8. The number of carbonyl (C=O) groups is 2. The number of benzene rings is 2. The van der Waals surface area contributed by atoms with Gasteiger partial charge in [0.2, 0.25) is 0 Å². The van der Waals surface area contributed by atoms with Gasteiger partial charge in [-0.15, -0.1) is 0 Å². The van der Waals surface area contributed by atoms with Crippen LogP contribution in [0.2, 0.25) is 0 Å². The van der Waals surface area contributed by atoms with Crippen molar-refractivity contribution in [2.24, 2.45) is 0 Å². The fourth-order valence-corrected chi connectivity index (χ4v) is 2.83. The van der Waals surface area contributed by atoms with E-state index in [-0.39, 0.29) is 6.61 Å². The number of esters is 2. The molecule has 0 aromatic heterocycles. The Balaban J connectivity index is 1.90. The SMILES string of the molecule is COC(=O)c1ccc(OC(=O)COc2ccc(Br)cc2Br)cc1. The summed E-state index contributed by atoms with van der Waals surface area (Å²) >= 11 is 6.67. The summed E-state index contributed by atoms with van der Waals surface area (Å²) in [5.74, 6) is -0.149. The average molecular weight is 444 g/mol. The Morgan fingerprint density at radius 3 is 2.35 bits per heavy atom. The maximum absolute atomic E-state index is 11.8. The molecule has 0 radical (unpaired) electrons. The van der Waals surface area contributed by atoms with Gasteiger partial charge in [-0.25, -0.2) is 9.59 Å². The van der Waals surface area contributed by atoms with Crippen LogP contribution >= 0.6 is 31.9 Å². The van der Waals surface area contributed by atoms with Crippen LogP contribution in [0.15, 0.2) is 51.4 Å². The number of carbonyl (C=O) groups excluding carboxylic acids is 2. The molecule has 23 heavy (non-hydrogen) atoms. The molecule has 0 saturated heterocycles. The van der Waals surface area contributed by atoms with Gasteiger partial charge in [-0.3, -0.25) is 0 Å². The summed E-state index contributed by atoms with van der Waals surface area (Å²) in [4.78, 5) is 23.1. The van der Waals surface area contributed by atoms with E-state index in [0.29, 0.717) is 17.1 Å². The lowest BCUT2D eigenvalue weighted by Crippen LogP contribution is -2.17. The van der Waals surface area contributed by atoms with E-state index < -0.39 is 11.9 Å². The summed E-state index contributed by atoms with van der Waals surface area (Å²) in [6.07, 6.45) is 0. The van der Waals surface area contributed by atoms with Gasteiger partial charge in [-0.2, -0.15) is 0 Å². The van der Waals surface area contributed by atoms with E-state index >= 15 is 0 Å². The van der Waals surface area contributed by atoms with Gasteiger partial charge in [0.05, 0.1) is 17.1 Å². The highest BCUT2D eigenvalue weighted by Crippen LogP contribution is 2.28. The Morgan fingerprint density at radius 1 is 1.04 bits per heavy atom. The van der Waals surface area contributed by atoms with Crippen LogP contribution in [0.4, 0.5) is 0 Å². The van der Waals surface area contributed by atoms with E-state index in [2.05, 4.69) is 36.6 Å². The maximum atomic E-state index is 11.8. The van der Waals surface area contributed by atoms with Crippen LogP contribution in [0.25, 0.3) is 0 Å². The Hall–Kier alpha value is -1.86. The van der Waals surface area contributed by atoms with Crippen molar-refractivity contribution in [2.45, 2.75) is 0 Å². The van der Waals surface area contributed by atoms with Crippen LogP contribution in [0.5, 0.6) is 11.5 Å². The first-order valence-corrected chi connectivity index (χ1v) is 8.05. The van der Waals surface area contributed by atoms with Crippen LogP contribution in [0, 0.1) is 0 Å². The summed E-state index contributed by atoms with van der Waals surface area (Å²) in [6.45, 7) is -0.237. The van der Waals surface area contributed by atoms with Crippen LogP contribution in [0.1, 0.15) is 10.4 Å². The fourth-order valence-electron chi connectivity index (χ4n) is 1.67. The smallest absolute Gasteiger partial charge is 0.349 e. The number of hydrogen-bond donors (Lipinski definition) is 0. The molecule has 0 aliphatic carbocycles. The minimum Gasteiger partial charge on any atom is -0.481 e. The van der Waals surface area contributed by atoms with Crippen molar-refractivity contribution >= 4 is 43.8 Å². The van der Waals surface area contributed by atoms with E-state index in [1.54, 1.807) is 12.1 Å². The summed E-state index contributed by atoms with van der Waals surface area (Å²) in [7, 11) is 1.30. The molecule has 0 N–H and O–H groups in total. The van der Waals surface area contributed by atoms with Gasteiger partial charge in [-0.05, 0) is 58.4 Å². The lowest BCUT2D eigenvalue weighted by atomic mass is 10.2. The average Bonchev–Trinajstić information content (AvgIpc) is 2.54. The molecule has 0 unspecified atom stereocenters. The lowest BCUT2D eigenvalue weighted by molar-refractivity contribution is -0.136. The van der Waals surface area contributed by atoms with Gasteiger partial charge >= 0.3 is 11.9 Å². The number of ether oxygens (including phenoxy) is 3. The van der Waals surface area contributed by atoms with Gasteiger partial charge in [0.25, 0.3) is 0 Å². The van der Waals surface area contributed by atoms with E-state index in [9.17, 15) is 9.59 Å². The van der Waals surface area contributed by atoms with Crippen molar-refractivity contribution in [3.05, 3.63) is 57.0 Å². The molecule has 120 valence electrons. The fraction of sp³-hybridized carbons (Fsp3) is 0.125. The summed E-state index contributed by atoms with van der Waals surface area (Å²) in [5, 5.41) is 0. The third-order valence-corrected chi connectivity index (χ3v) is 3.86. The Labute approximate surface area is 149 Å². The molecule has 0 aliphatic heterocycles.